The lowest BCUT2D eigenvalue weighted by atomic mass is 9.94. The summed E-state index contributed by atoms with van der Waals surface area (Å²) in [6.45, 7) is 8.28. The smallest absolute Gasteiger partial charge is 0.0626 e. The quantitative estimate of drug-likeness (QED) is 0.139. The van der Waals surface area contributed by atoms with Gasteiger partial charge in [-0.3, -0.25) is 0 Å². The van der Waals surface area contributed by atoms with Gasteiger partial charge in [-0.1, -0.05) is 136 Å². The van der Waals surface area contributed by atoms with Crippen molar-refractivity contribution in [3.05, 3.63) is 200 Å². The van der Waals surface area contributed by atoms with E-state index in [9.17, 15) is 0 Å². The number of para-hydroxylation sites is 2. The third kappa shape index (κ3) is 6.17. The third-order valence-electron chi connectivity index (χ3n) is 11.7. The fourth-order valence-electron chi connectivity index (χ4n) is 9.18. The van der Waals surface area contributed by atoms with Crippen molar-refractivity contribution in [2.75, 3.05) is 4.90 Å². The molecule has 8 aromatic carbocycles. The van der Waals surface area contributed by atoms with Gasteiger partial charge >= 0.3 is 0 Å². The molecule has 0 bridgehead atoms. The molecule has 0 spiro atoms. The summed E-state index contributed by atoms with van der Waals surface area (Å²) in [5.41, 5.74) is 15.9. The minimum atomic E-state index is 0.953. The Bertz CT molecular complexity index is 3250. The van der Waals surface area contributed by atoms with Crippen LogP contribution >= 0.6 is 11.3 Å². The van der Waals surface area contributed by atoms with Gasteiger partial charge < -0.3 is 9.47 Å². The molecule has 290 valence electrons. The normalized spacial score (nSPS) is 12.1. The Hall–Kier alpha value is -6.94. The lowest BCUT2D eigenvalue weighted by Gasteiger charge is -2.26. The van der Waals surface area contributed by atoms with Crippen LogP contribution in [0, 0.1) is 0 Å². The van der Waals surface area contributed by atoms with Crippen molar-refractivity contribution in [3.63, 3.8) is 0 Å². The molecular weight excluding hydrogens is 745 g/mol. The highest BCUT2D eigenvalue weighted by Gasteiger charge is 2.30. The summed E-state index contributed by atoms with van der Waals surface area (Å²) in [5, 5.41) is 6.52. The molecule has 0 saturated heterocycles. The predicted molar refractivity (Wildman–Crippen MR) is 262 cm³/mol. The predicted octanol–water partition coefficient (Wildman–Crippen LogP) is 17.2. The molecule has 2 heterocycles. The van der Waals surface area contributed by atoms with E-state index in [2.05, 4.69) is 217 Å². The van der Waals surface area contributed by atoms with Gasteiger partial charge in [0.2, 0.25) is 0 Å². The number of benzene rings is 8. The van der Waals surface area contributed by atoms with Crippen LogP contribution in [0.3, 0.4) is 0 Å². The van der Waals surface area contributed by atoms with Crippen molar-refractivity contribution >= 4 is 64.6 Å². The van der Waals surface area contributed by atoms with E-state index in [0.717, 1.165) is 17.8 Å². The highest BCUT2D eigenvalue weighted by Crippen LogP contribution is 2.54. The zero-order valence-electron chi connectivity index (χ0n) is 34.5. The highest BCUT2D eigenvalue weighted by molar-refractivity contribution is 7.25. The Balaban J connectivity index is 0.00000213. The molecule has 2 aromatic heterocycles. The lowest BCUT2D eigenvalue weighted by molar-refractivity contribution is 1.13. The van der Waals surface area contributed by atoms with Crippen molar-refractivity contribution in [1.82, 2.24) is 4.57 Å². The number of nitrogens with zero attached hydrogens (tertiary/aromatic N) is 2. The van der Waals surface area contributed by atoms with Crippen LogP contribution in [0.15, 0.2) is 200 Å². The van der Waals surface area contributed by atoms with E-state index in [4.69, 9.17) is 0 Å². The van der Waals surface area contributed by atoms with Gasteiger partial charge in [0.15, 0.2) is 0 Å². The van der Waals surface area contributed by atoms with Crippen LogP contribution in [0.25, 0.3) is 92.2 Å². The molecule has 0 N–H and O–H groups in total. The van der Waals surface area contributed by atoms with Gasteiger partial charge in [0.05, 0.1) is 11.2 Å². The number of anilines is 2. The van der Waals surface area contributed by atoms with Gasteiger partial charge in [-0.05, 0) is 131 Å². The number of allylic oxidation sites excluding steroid dienone is 3. The van der Waals surface area contributed by atoms with E-state index in [1.807, 2.05) is 25.2 Å². The van der Waals surface area contributed by atoms with E-state index in [0.29, 0.717) is 0 Å². The summed E-state index contributed by atoms with van der Waals surface area (Å²) in [6.07, 6.45) is 7.56. The van der Waals surface area contributed by atoms with Crippen molar-refractivity contribution in [2.45, 2.75) is 34.1 Å². The first kappa shape index (κ1) is 37.3. The standard InChI is InChI=1S/C55H40N2S.C2H6/c1-3-14-41(15-4-2)56(42-17-7-5-8-18-42)44-28-24-36(25-29-44)40-32-39-16-13-22-47-53(39)49(34-40)54-48-33-37(27-31-50(48)57(55(47)54)43-19-9-6-10-20-43)38-26-30-46-45-21-11-12-23-51(45)58-52(46)35-38;1-2/h3,5-35H,4H2,1-2H3;1-2H3/b14-3-,41-15+;. The molecule has 0 unspecified atom stereocenters. The van der Waals surface area contributed by atoms with E-state index in [1.54, 1.807) is 0 Å². The first-order chi connectivity index (χ1) is 29.7. The van der Waals surface area contributed by atoms with Gasteiger partial charge in [-0.2, -0.15) is 0 Å². The molecule has 0 aliphatic heterocycles. The molecule has 0 atom stereocenters. The molecule has 11 rings (SSSR count). The monoisotopic (exact) mass is 790 g/mol. The molecule has 3 heteroatoms. The number of aromatic nitrogens is 1. The van der Waals surface area contributed by atoms with Crippen LogP contribution in [0.2, 0.25) is 0 Å². The second-order valence-electron chi connectivity index (χ2n) is 15.1. The molecule has 2 nitrogen and oxygen atoms in total. The van der Waals surface area contributed by atoms with Crippen LogP contribution in [0.1, 0.15) is 34.1 Å². The van der Waals surface area contributed by atoms with E-state index in [1.165, 1.54) is 97.9 Å². The van der Waals surface area contributed by atoms with Crippen molar-refractivity contribution in [2.24, 2.45) is 0 Å². The Morgan fingerprint density at radius 2 is 1.25 bits per heavy atom. The average molecular weight is 791 g/mol. The zero-order chi connectivity index (χ0) is 40.7. The Morgan fingerprint density at radius 1 is 0.567 bits per heavy atom. The summed E-state index contributed by atoms with van der Waals surface area (Å²) >= 11 is 1.88. The van der Waals surface area contributed by atoms with Crippen LogP contribution in [-0.4, -0.2) is 4.57 Å². The Morgan fingerprint density at radius 3 is 2.03 bits per heavy atom. The molecule has 0 amide bonds. The summed E-state index contributed by atoms with van der Waals surface area (Å²) in [6, 6.07) is 65.0. The van der Waals surface area contributed by atoms with E-state index in [-0.39, 0.29) is 0 Å². The van der Waals surface area contributed by atoms with Gasteiger partial charge in [-0.25, -0.2) is 0 Å². The van der Waals surface area contributed by atoms with Gasteiger partial charge in [0, 0.05) is 59.4 Å². The molecular formula is C57H46N2S. The summed E-state index contributed by atoms with van der Waals surface area (Å²) in [4.78, 5) is 2.35. The lowest BCUT2D eigenvalue weighted by Crippen LogP contribution is -2.15. The van der Waals surface area contributed by atoms with Crippen LogP contribution in [-0.2, 0) is 0 Å². The molecule has 0 radical (unpaired) electrons. The first-order valence-electron chi connectivity index (χ1n) is 21.2. The fraction of sp³-hybridized carbons (Fsp3) is 0.0877. The summed E-state index contributed by atoms with van der Waals surface area (Å²) in [7, 11) is 0. The van der Waals surface area contributed by atoms with Crippen molar-refractivity contribution in [1.29, 1.82) is 0 Å². The fourth-order valence-corrected chi connectivity index (χ4v) is 10.3. The Labute approximate surface area is 356 Å². The molecule has 1 aliphatic rings. The zero-order valence-corrected chi connectivity index (χ0v) is 35.3. The van der Waals surface area contributed by atoms with E-state index >= 15 is 0 Å². The van der Waals surface area contributed by atoms with Crippen LogP contribution in [0.5, 0.6) is 0 Å². The van der Waals surface area contributed by atoms with Crippen molar-refractivity contribution < 1.29 is 0 Å². The molecule has 1 aliphatic carbocycles. The summed E-state index contributed by atoms with van der Waals surface area (Å²) in [5.74, 6) is 0. The summed E-state index contributed by atoms with van der Waals surface area (Å²) < 4.78 is 5.14. The number of rotatable bonds is 8. The largest absolute Gasteiger partial charge is 0.311 e. The number of thiophene rings is 1. The number of hydrogen-bond acceptors (Lipinski definition) is 2. The number of fused-ring (bicyclic) bond motifs is 8. The van der Waals surface area contributed by atoms with Crippen molar-refractivity contribution in [3.8, 4) is 50.3 Å². The first-order valence-corrected chi connectivity index (χ1v) is 22.0. The van der Waals surface area contributed by atoms with Crippen LogP contribution < -0.4 is 4.90 Å². The maximum Gasteiger partial charge on any atom is 0.0626 e. The second kappa shape index (κ2) is 15.7. The SMILES string of the molecule is C/C=C\C(=C/CC)N(c1ccccc1)c1ccc(-c2cc3c4c(cccc4c2)-c2c-3c3cc(-c4ccc5c(c4)sc4ccccc45)ccc3n2-c2ccccc2)cc1.CC. The third-order valence-corrected chi connectivity index (χ3v) is 12.8. The minimum Gasteiger partial charge on any atom is -0.311 e. The van der Waals surface area contributed by atoms with Gasteiger partial charge in [0.1, 0.15) is 0 Å². The van der Waals surface area contributed by atoms with Gasteiger partial charge in [-0.15, -0.1) is 11.3 Å². The second-order valence-corrected chi connectivity index (χ2v) is 16.2. The molecule has 0 saturated carbocycles. The topological polar surface area (TPSA) is 8.17 Å². The average Bonchev–Trinajstić information content (AvgIpc) is 3.96. The maximum absolute atomic E-state index is 2.48. The highest BCUT2D eigenvalue weighted by atomic mass is 32.1. The van der Waals surface area contributed by atoms with Gasteiger partial charge in [0.25, 0.3) is 0 Å². The molecule has 60 heavy (non-hydrogen) atoms. The molecule has 0 fully saturated rings. The number of hydrogen-bond donors (Lipinski definition) is 0. The maximum atomic E-state index is 2.48. The molecule has 10 aromatic rings. The Kier molecular flexibility index (Phi) is 9.75. The minimum absolute atomic E-state index is 0.953. The van der Waals surface area contributed by atoms with Crippen LogP contribution in [0.4, 0.5) is 11.4 Å². The van der Waals surface area contributed by atoms with E-state index < -0.39 is 0 Å².